The highest BCUT2D eigenvalue weighted by Crippen LogP contribution is 2.29. The lowest BCUT2D eigenvalue weighted by Crippen LogP contribution is -2.30. The normalized spacial score (nSPS) is 10.7. The summed E-state index contributed by atoms with van der Waals surface area (Å²) in [6.07, 6.45) is 0. The Morgan fingerprint density at radius 3 is 2.54 bits per heavy atom. The maximum Gasteiger partial charge on any atom is 0.347 e. The summed E-state index contributed by atoms with van der Waals surface area (Å²) < 4.78 is 19.2. The predicted molar refractivity (Wildman–Crippen MR) is 102 cm³/mol. The monoisotopic (exact) mass is 402 g/mol. The highest BCUT2D eigenvalue weighted by Gasteiger charge is 2.25. The molecular weight excluding hydrogens is 387 g/mol. The fraction of sp³-hybridized carbons (Fsp3) is 0.150. The van der Waals surface area contributed by atoms with Crippen molar-refractivity contribution in [2.45, 2.75) is 13.5 Å². The highest BCUT2D eigenvalue weighted by atomic mass is 35.5. The number of nitrogens with zero attached hydrogens (tertiary/aromatic N) is 2. The van der Waals surface area contributed by atoms with Gasteiger partial charge in [0.25, 0.3) is 5.56 Å². The maximum absolute atomic E-state index is 13.3. The number of esters is 1. The molecule has 0 saturated carbocycles. The first kappa shape index (κ1) is 19.6. The van der Waals surface area contributed by atoms with E-state index in [2.05, 4.69) is 5.10 Å². The number of halogens is 2. The van der Waals surface area contributed by atoms with Crippen molar-refractivity contribution in [3.8, 4) is 17.0 Å². The minimum atomic E-state index is -0.969. The highest BCUT2D eigenvalue weighted by molar-refractivity contribution is 6.31. The van der Waals surface area contributed by atoms with Gasteiger partial charge in [0.1, 0.15) is 11.5 Å². The lowest BCUT2D eigenvalue weighted by atomic mass is 10.1. The molecule has 1 aromatic heterocycles. The van der Waals surface area contributed by atoms with Crippen molar-refractivity contribution in [2.24, 2.45) is 0 Å². The molecule has 8 heteroatoms. The number of hydrogen-bond donors (Lipinski definition) is 1. The summed E-state index contributed by atoms with van der Waals surface area (Å²) in [5.41, 5.74) is -0.471. The molecule has 1 heterocycles. The van der Waals surface area contributed by atoms with E-state index in [-0.39, 0.29) is 18.8 Å². The van der Waals surface area contributed by atoms with Gasteiger partial charge >= 0.3 is 5.97 Å². The molecule has 0 atom stereocenters. The molecule has 0 spiro atoms. The first-order chi connectivity index (χ1) is 13.4. The molecule has 28 heavy (non-hydrogen) atoms. The smallest absolute Gasteiger partial charge is 0.347 e. The molecule has 1 N–H and O–H groups in total. The van der Waals surface area contributed by atoms with E-state index in [1.54, 1.807) is 31.2 Å². The molecule has 0 bridgehead atoms. The van der Waals surface area contributed by atoms with Gasteiger partial charge in [-0.05, 0) is 42.8 Å². The van der Waals surface area contributed by atoms with E-state index >= 15 is 0 Å². The first-order valence-electron chi connectivity index (χ1n) is 8.43. The van der Waals surface area contributed by atoms with Gasteiger partial charge in [-0.25, -0.2) is 13.9 Å². The van der Waals surface area contributed by atoms with Crippen LogP contribution in [-0.4, -0.2) is 27.5 Å². The van der Waals surface area contributed by atoms with Crippen LogP contribution < -0.4 is 5.56 Å². The van der Waals surface area contributed by atoms with Gasteiger partial charge in [0, 0.05) is 10.6 Å². The van der Waals surface area contributed by atoms with Crippen molar-refractivity contribution in [1.82, 2.24) is 9.78 Å². The second-order valence-electron chi connectivity index (χ2n) is 5.85. The topological polar surface area (TPSA) is 81.4 Å². The van der Waals surface area contributed by atoms with E-state index < -0.39 is 28.7 Å². The average molecular weight is 403 g/mol. The SMILES string of the molecule is CCOC(=O)c1c(O)c(-c2ccc(F)cc2)nn(Cc2ccccc2Cl)c1=O. The second-order valence-corrected chi connectivity index (χ2v) is 6.26. The van der Waals surface area contributed by atoms with Crippen LogP contribution in [0.25, 0.3) is 11.3 Å². The zero-order valence-corrected chi connectivity index (χ0v) is 15.6. The largest absolute Gasteiger partial charge is 0.505 e. The second kappa shape index (κ2) is 8.22. The van der Waals surface area contributed by atoms with Crippen molar-refractivity contribution >= 4 is 17.6 Å². The fourth-order valence-electron chi connectivity index (χ4n) is 2.65. The van der Waals surface area contributed by atoms with Gasteiger partial charge in [0.15, 0.2) is 11.3 Å². The molecule has 144 valence electrons. The summed E-state index contributed by atoms with van der Waals surface area (Å²) in [6, 6.07) is 12.0. The van der Waals surface area contributed by atoms with Crippen molar-refractivity contribution in [1.29, 1.82) is 0 Å². The molecule has 3 aromatic rings. The zero-order valence-electron chi connectivity index (χ0n) is 14.9. The number of carbonyl (C=O) groups excluding carboxylic acids is 1. The summed E-state index contributed by atoms with van der Waals surface area (Å²) in [5.74, 6) is -2.06. The molecule has 2 aromatic carbocycles. The first-order valence-corrected chi connectivity index (χ1v) is 8.80. The molecule has 6 nitrogen and oxygen atoms in total. The third-order valence-electron chi connectivity index (χ3n) is 4.01. The molecule has 0 radical (unpaired) electrons. The molecule has 0 aliphatic rings. The molecule has 3 rings (SSSR count). The summed E-state index contributed by atoms with van der Waals surface area (Å²) >= 11 is 6.16. The number of aromatic nitrogens is 2. The van der Waals surface area contributed by atoms with E-state index in [1.165, 1.54) is 24.3 Å². The van der Waals surface area contributed by atoms with Crippen LogP contribution in [0.4, 0.5) is 4.39 Å². The Bertz CT molecular complexity index is 1080. The van der Waals surface area contributed by atoms with Gasteiger partial charge in [0.2, 0.25) is 0 Å². The summed E-state index contributed by atoms with van der Waals surface area (Å²) in [5, 5.41) is 15.1. The number of rotatable bonds is 5. The van der Waals surface area contributed by atoms with E-state index in [9.17, 15) is 19.1 Å². The Morgan fingerprint density at radius 2 is 1.89 bits per heavy atom. The van der Waals surface area contributed by atoms with Crippen molar-refractivity contribution in [3.63, 3.8) is 0 Å². The Hall–Kier alpha value is -3.19. The van der Waals surface area contributed by atoms with E-state index in [1.807, 2.05) is 0 Å². The minimum Gasteiger partial charge on any atom is -0.505 e. The Labute approximate surface area is 164 Å². The lowest BCUT2D eigenvalue weighted by Gasteiger charge is -2.13. The molecular formula is C20H16ClFN2O4. The third kappa shape index (κ3) is 3.89. The zero-order chi connectivity index (χ0) is 20.3. The quantitative estimate of drug-likeness (QED) is 0.659. The number of aromatic hydroxyl groups is 1. The maximum atomic E-state index is 13.3. The average Bonchev–Trinajstić information content (AvgIpc) is 2.67. The fourth-order valence-corrected chi connectivity index (χ4v) is 2.84. The minimum absolute atomic E-state index is 0.0242. The molecule has 0 aliphatic carbocycles. The van der Waals surface area contributed by atoms with Crippen LogP contribution in [0.5, 0.6) is 5.75 Å². The molecule has 0 amide bonds. The Kier molecular flexibility index (Phi) is 5.75. The van der Waals surface area contributed by atoms with Crippen molar-refractivity contribution < 1.29 is 19.0 Å². The van der Waals surface area contributed by atoms with E-state index in [0.29, 0.717) is 16.1 Å². The van der Waals surface area contributed by atoms with Crippen LogP contribution in [0, 0.1) is 5.82 Å². The van der Waals surface area contributed by atoms with Gasteiger partial charge in [0.05, 0.1) is 13.2 Å². The van der Waals surface area contributed by atoms with Crippen LogP contribution in [-0.2, 0) is 11.3 Å². The van der Waals surface area contributed by atoms with Gasteiger partial charge in [-0.3, -0.25) is 4.79 Å². The predicted octanol–water partition coefficient (Wildman–Crippen LogP) is 3.63. The van der Waals surface area contributed by atoms with Gasteiger partial charge in [-0.1, -0.05) is 29.8 Å². The summed E-state index contributed by atoms with van der Waals surface area (Å²) in [4.78, 5) is 25.1. The van der Waals surface area contributed by atoms with Crippen molar-refractivity contribution in [3.05, 3.63) is 80.9 Å². The molecule has 0 aliphatic heterocycles. The van der Waals surface area contributed by atoms with Crippen LogP contribution in [0.2, 0.25) is 5.02 Å². The Morgan fingerprint density at radius 1 is 1.21 bits per heavy atom. The molecule has 0 saturated heterocycles. The van der Waals surface area contributed by atoms with Crippen LogP contribution >= 0.6 is 11.6 Å². The molecule has 0 fully saturated rings. The van der Waals surface area contributed by atoms with Gasteiger partial charge in [-0.2, -0.15) is 5.10 Å². The third-order valence-corrected chi connectivity index (χ3v) is 4.37. The number of hydrogen-bond acceptors (Lipinski definition) is 5. The standard InChI is InChI=1S/C20H16ClFN2O4/c1-2-28-20(27)16-18(25)17(12-7-9-14(22)10-8-12)23-24(19(16)26)11-13-5-3-4-6-15(13)21/h3-10,25H,2,11H2,1H3. The number of carbonyl (C=O) groups is 1. The van der Waals surface area contributed by atoms with Crippen molar-refractivity contribution in [2.75, 3.05) is 6.61 Å². The number of benzene rings is 2. The van der Waals surface area contributed by atoms with Crippen LogP contribution in [0.3, 0.4) is 0 Å². The summed E-state index contributed by atoms with van der Waals surface area (Å²) in [6.45, 7) is 1.58. The van der Waals surface area contributed by atoms with E-state index in [0.717, 1.165) is 4.68 Å². The van der Waals surface area contributed by atoms with Crippen LogP contribution in [0.1, 0.15) is 22.8 Å². The Balaban J connectivity index is 2.21. The van der Waals surface area contributed by atoms with Gasteiger partial charge in [-0.15, -0.1) is 0 Å². The molecule has 0 unspecified atom stereocenters. The lowest BCUT2D eigenvalue weighted by molar-refractivity contribution is 0.0519. The van der Waals surface area contributed by atoms with E-state index in [4.69, 9.17) is 16.3 Å². The van der Waals surface area contributed by atoms with Crippen LogP contribution in [0.15, 0.2) is 53.3 Å². The number of ether oxygens (including phenoxy) is 1. The summed E-state index contributed by atoms with van der Waals surface area (Å²) in [7, 11) is 0. The van der Waals surface area contributed by atoms with Gasteiger partial charge < -0.3 is 9.84 Å².